The molecule has 26 heavy (non-hydrogen) atoms. The summed E-state index contributed by atoms with van der Waals surface area (Å²) in [5.74, 6) is -0.245. The molecule has 1 amide bonds. The van der Waals surface area contributed by atoms with Crippen LogP contribution in [0.2, 0.25) is 5.02 Å². The molecule has 140 valence electrons. The predicted molar refractivity (Wildman–Crippen MR) is 105 cm³/mol. The average molecular weight is 396 g/mol. The van der Waals surface area contributed by atoms with Gasteiger partial charge >= 0.3 is 0 Å². The Morgan fingerprint density at radius 2 is 1.65 bits per heavy atom. The van der Waals surface area contributed by atoms with Crippen LogP contribution in [0, 0.1) is 6.92 Å². The summed E-state index contributed by atoms with van der Waals surface area (Å²) < 4.78 is 26.0. The number of carbonyl (C=O) groups is 1. The third-order valence-corrected chi connectivity index (χ3v) is 6.04. The molecule has 0 aliphatic heterocycles. The van der Waals surface area contributed by atoms with Crippen LogP contribution in [0.3, 0.4) is 0 Å². The van der Waals surface area contributed by atoms with E-state index >= 15 is 0 Å². The van der Waals surface area contributed by atoms with Crippen molar-refractivity contribution in [3.05, 3.63) is 53.1 Å². The van der Waals surface area contributed by atoms with Gasteiger partial charge < -0.3 is 10.6 Å². The molecule has 0 aliphatic carbocycles. The maximum Gasteiger partial charge on any atom is 0.246 e. The van der Waals surface area contributed by atoms with E-state index in [9.17, 15) is 13.2 Å². The number of halogens is 1. The fraction of sp³-hybridized carbons (Fsp3) is 0.278. The Morgan fingerprint density at radius 3 is 2.23 bits per heavy atom. The van der Waals surface area contributed by atoms with Crippen LogP contribution in [0.1, 0.15) is 12.5 Å². The van der Waals surface area contributed by atoms with Gasteiger partial charge in [-0.3, -0.25) is 4.79 Å². The Hall–Kier alpha value is -2.09. The maximum atomic E-state index is 12.4. The van der Waals surface area contributed by atoms with Gasteiger partial charge in [-0.25, -0.2) is 12.7 Å². The van der Waals surface area contributed by atoms with E-state index in [0.717, 1.165) is 4.31 Å². The van der Waals surface area contributed by atoms with Crippen LogP contribution in [0.4, 0.5) is 11.4 Å². The van der Waals surface area contributed by atoms with Gasteiger partial charge in [0.2, 0.25) is 15.9 Å². The Bertz CT molecular complexity index is 896. The summed E-state index contributed by atoms with van der Waals surface area (Å²) in [4.78, 5) is 12.5. The lowest BCUT2D eigenvalue weighted by Gasteiger charge is -2.18. The third kappa shape index (κ3) is 4.75. The Kier molecular flexibility index (Phi) is 6.28. The molecular weight excluding hydrogens is 374 g/mol. The number of aryl methyl sites for hydroxylation is 1. The molecule has 0 radical (unpaired) electrons. The molecule has 0 saturated heterocycles. The van der Waals surface area contributed by atoms with Crippen molar-refractivity contribution >= 4 is 38.9 Å². The second-order valence-corrected chi connectivity index (χ2v) is 8.69. The van der Waals surface area contributed by atoms with Crippen molar-refractivity contribution in [3.8, 4) is 0 Å². The number of nitrogens with zero attached hydrogens (tertiary/aromatic N) is 1. The molecule has 2 aromatic carbocycles. The van der Waals surface area contributed by atoms with Gasteiger partial charge in [0.15, 0.2) is 0 Å². The minimum Gasteiger partial charge on any atom is -0.374 e. The summed E-state index contributed by atoms with van der Waals surface area (Å²) in [6, 6.07) is 11.2. The minimum absolute atomic E-state index is 0.206. The summed E-state index contributed by atoms with van der Waals surface area (Å²) in [5.41, 5.74) is 1.82. The number of hydrogen-bond donors (Lipinski definition) is 2. The van der Waals surface area contributed by atoms with Gasteiger partial charge in [0.25, 0.3) is 0 Å². The molecule has 6 nitrogen and oxygen atoms in total. The van der Waals surface area contributed by atoms with Crippen molar-refractivity contribution in [1.82, 2.24) is 4.31 Å². The number of benzene rings is 2. The number of anilines is 2. The van der Waals surface area contributed by atoms with Crippen molar-refractivity contribution in [2.45, 2.75) is 24.8 Å². The van der Waals surface area contributed by atoms with Crippen molar-refractivity contribution in [2.75, 3.05) is 24.7 Å². The lowest BCUT2D eigenvalue weighted by atomic mass is 10.2. The van der Waals surface area contributed by atoms with E-state index in [1.807, 2.05) is 0 Å². The van der Waals surface area contributed by atoms with Gasteiger partial charge in [-0.2, -0.15) is 0 Å². The number of rotatable bonds is 6. The second kappa shape index (κ2) is 8.07. The number of sulfonamides is 1. The van der Waals surface area contributed by atoms with Crippen LogP contribution in [0.5, 0.6) is 0 Å². The molecule has 0 aromatic heterocycles. The lowest BCUT2D eigenvalue weighted by molar-refractivity contribution is -0.116. The molecule has 2 N–H and O–H groups in total. The second-order valence-electron chi connectivity index (χ2n) is 6.13. The monoisotopic (exact) mass is 395 g/mol. The van der Waals surface area contributed by atoms with Gasteiger partial charge in [-0.15, -0.1) is 0 Å². The summed E-state index contributed by atoms with van der Waals surface area (Å²) >= 11 is 5.83. The highest BCUT2D eigenvalue weighted by Gasteiger charge is 2.21. The van der Waals surface area contributed by atoms with Gasteiger partial charge in [-0.05, 0) is 55.8 Å². The largest absolute Gasteiger partial charge is 0.374 e. The average Bonchev–Trinajstić information content (AvgIpc) is 2.58. The fourth-order valence-corrected chi connectivity index (χ4v) is 3.53. The third-order valence-electron chi connectivity index (χ3n) is 3.83. The van der Waals surface area contributed by atoms with Gasteiger partial charge in [0.1, 0.15) is 6.04 Å². The van der Waals surface area contributed by atoms with E-state index in [-0.39, 0.29) is 10.8 Å². The van der Waals surface area contributed by atoms with Gasteiger partial charge in [-0.1, -0.05) is 17.7 Å². The number of nitrogens with one attached hydrogen (secondary N) is 2. The number of carbonyl (C=O) groups excluding carboxylic acids is 1. The van der Waals surface area contributed by atoms with E-state index in [4.69, 9.17) is 11.6 Å². The Balaban J connectivity index is 2.15. The van der Waals surface area contributed by atoms with Crippen molar-refractivity contribution in [3.63, 3.8) is 0 Å². The minimum atomic E-state index is -3.56. The smallest absolute Gasteiger partial charge is 0.246 e. The Morgan fingerprint density at radius 1 is 1.08 bits per heavy atom. The molecule has 2 aromatic rings. The molecule has 1 atom stereocenters. The molecule has 0 unspecified atom stereocenters. The van der Waals surface area contributed by atoms with E-state index < -0.39 is 16.1 Å². The van der Waals surface area contributed by atoms with Crippen LogP contribution >= 0.6 is 11.6 Å². The molecule has 2 rings (SSSR count). The molecule has 0 heterocycles. The van der Waals surface area contributed by atoms with E-state index in [1.54, 1.807) is 50.2 Å². The first-order chi connectivity index (χ1) is 12.1. The highest BCUT2D eigenvalue weighted by Crippen LogP contribution is 2.23. The molecular formula is C18H22ClN3O3S. The fourth-order valence-electron chi connectivity index (χ4n) is 2.26. The van der Waals surface area contributed by atoms with Crippen molar-refractivity contribution in [1.29, 1.82) is 0 Å². The highest BCUT2D eigenvalue weighted by atomic mass is 35.5. The number of amides is 1. The molecule has 8 heteroatoms. The zero-order valence-electron chi connectivity index (χ0n) is 15.1. The van der Waals surface area contributed by atoms with E-state index in [1.165, 1.54) is 20.2 Å². The normalized spacial score (nSPS) is 12.7. The molecule has 0 saturated carbocycles. The predicted octanol–water partition coefficient (Wildman–Crippen LogP) is 3.34. The molecule has 0 spiro atoms. The van der Waals surface area contributed by atoms with Crippen LogP contribution in [0.25, 0.3) is 0 Å². The molecule has 0 aliphatic rings. The first-order valence-corrected chi connectivity index (χ1v) is 9.79. The maximum absolute atomic E-state index is 12.4. The molecule has 0 bridgehead atoms. The van der Waals surface area contributed by atoms with Gasteiger partial charge in [0, 0.05) is 30.5 Å². The lowest BCUT2D eigenvalue weighted by Crippen LogP contribution is -2.32. The SMILES string of the molecule is Cc1ccc(N[C@H](C)C(=O)Nc2ccc(Cl)cc2)cc1S(=O)(=O)N(C)C. The summed E-state index contributed by atoms with van der Waals surface area (Å²) in [6.45, 7) is 3.43. The topological polar surface area (TPSA) is 78.5 Å². The van der Waals surface area contributed by atoms with Crippen molar-refractivity contribution in [2.24, 2.45) is 0 Å². The first kappa shape index (κ1) is 20.2. The van der Waals surface area contributed by atoms with Crippen LogP contribution in [-0.2, 0) is 14.8 Å². The van der Waals surface area contributed by atoms with Crippen LogP contribution in [0.15, 0.2) is 47.4 Å². The zero-order chi connectivity index (χ0) is 19.5. The van der Waals surface area contributed by atoms with E-state index in [2.05, 4.69) is 10.6 Å². The standard InChI is InChI=1S/C18H22ClN3O3S/c1-12-5-8-16(11-17(12)26(24,25)22(3)4)20-13(2)18(23)21-15-9-6-14(19)7-10-15/h5-11,13,20H,1-4H3,(H,21,23)/t13-/m1/s1. The van der Waals surface area contributed by atoms with Crippen LogP contribution < -0.4 is 10.6 Å². The summed E-state index contributed by atoms with van der Waals surface area (Å²) in [5, 5.41) is 6.39. The summed E-state index contributed by atoms with van der Waals surface area (Å²) in [7, 11) is -0.592. The highest BCUT2D eigenvalue weighted by molar-refractivity contribution is 7.89. The van der Waals surface area contributed by atoms with E-state index in [0.29, 0.717) is 22.0 Å². The molecule has 0 fully saturated rings. The number of hydrogen-bond acceptors (Lipinski definition) is 4. The van der Waals surface area contributed by atoms with Gasteiger partial charge in [0.05, 0.1) is 4.90 Å². The Labute approximate surface area is 159 Å². The quantitative estimate of drug-likeness (QED) is 0.786. The van der Waals surface area contributed by atoms with Crippen LogP contribution in [-0.4, -0.2) is 38.8 Å². The summed E-state index contributed by atoms with van der Waals surface area (Å²) in [6.07, 6.45) is 0. The first-order valence-electron chi connectivity index (χ1n) is 7.97. The van der Waals surface area contributed by atoms with Crippen molar-refractivity contribution < 1.29 is 13.2 Å². The zero-order valence-corrected chi connectivity index (χ0v) is 16.6.